The number of carbonyl (C=O) groups excluding carboxylic acids is 2. The first-order valence-corrected chi connectivity index (χ1v) is 9.25. The minimum absolute atomic E-state index is 0.0925. The van der Waals surface area contributed by atoms with Gasteiger partial charge in [-0.2, -0.15) is 0 Å². The smallest absolute Gasteiger partial charge is 0.407 e. The molecule has 1 aliphatic heterocycles. The van der Waals surface area contributed by atoms with Crippen LogP contribution in [0.5, 0.6) is 0 Å². The summed E-state index contributed by atoms with van der Waals surface area (Å²) in [7, 11) is 0. The van der Waals surface area contributed by atoms with Gasteiger partial charge in [-0.3, -0.25) is 4.79 Å². The van der Waals surface area contributed by atoms with Gasteiger partial charge in [0.05, 0.1) is 0 Å². The fourth-order valence-electron chi connectivity index (χ4n) is 3.20. The molecule has 26 heavy (non-hydrogen) atoms. The minimum atomic E-state index is -0.528. The van der Waals surface area contributed by atoms with Gasteiger partial charge < -0.3 is 15.0 Å². The van der Waals surface area contributed by atoms with E-state index < -0.39 is 11.7 Å². The Labute approximate surface area is 154 Å². The fourth-order valence-corrected chi connectivity index (χ4v) is 3.20. The number of nitrogens with one attached hydrogen (secondary N) is 1. The van der Waals surface area contributed by atoms with E-state index in [1.165, 1.54) is 12.1 Å². The third-order valence-corrected chi connectivity index (χ3v) is 4.29. The van der Waals surface area contributed by atoms with Gasteiger partial charge in [0.2, 0.25) is 5.91 Å². The molecule has 0 spiro atoms. The number of amides is 2. The lowest BCUT2D eigenvalue weighted by Crippen LogP contribution is -2.37. The van der Waals surface area contributed by atoms with Crippen LogP contribution in [0.4, 0.5) is 9.18 Å². The summed E-state index contributed by atoms with van der Waals surface area (Å²) in [5, 5.41) is 2.67. The zero-order chi connectivity index (χ0) is 19.2. The second kappa shape index (κ2) is 9.01. The van der Waals surface area contributed by atoms with E-state index in [1.54, 1.807) is 6.07 Å². The Morgan fingerprint density at radius 2 is 2.12 bits per heavy atom. The molecule has 0 bridgehead atoms. The quantitative estimate of drug-likeness (QED) is 0.784. The minimum Gasteiger partial charge on any atom is -0.444 e. The Balaban J connectivity index is 1.75. The van der Waals surface area contributed by atoms with Crippen molar-refractivity contribution in [2.24, 2.45) is 0 Å². The van der Waals surface area contributed by atoms with Crippen LogP contribution in [0.2, 0.25) is 0 Å². The lowest BCUT2D eigenvalue weighted by molar-refractivity contribution is -0.132. The molecule has 1 aromatic carbocycles. The number of rotatable bonds is 6. The van der Waals surface area contributed by atoms with E-state index in [4.69, 9.17) is 4.74 Å². The summed E-state index contributed by atoms with van der Waals surface area (Å²) in [6.45, 7) is 6.58. The second-order valence-corrected chi connectivity index (χ2v) is 7.75. The molecule has 2 rings (SSSR count). The fraction of sp³-hybridized carbons (Fsp3) is 0.600. The molecule has 2 amide bonds. The lowest BCUT2D eigenvalue weighted by atomic mass is 10.0. The van der Waals surface area contributed by atoms with Crippen molar-refractivity contribution in [1.82, 2.24) is 10.2 Å². The van der Waals surface area contributed by atoms with Crippen LogP contribution in [0.25, 0.3) is 0 Å². The van der Waals surface area contributed by atoms with Crippen molar-refractivity contribution in [2.75, 3.05) is 13.1 Å². The highest BCUT2D eigenvalue weighted by atomic mass is 19.1. The summed E-state index contributed by atoms with van der Waals surface area (Å²) in [5.41, 5.74) is 0.390. The van der Waals surface area contributed by atoms with Gasteiger partial charge in [0.1, 0.15) is 11.4 Å². The number of likely N-dealkylation sites (tertiary alicyclic amines) is 1. The Kier molecular flexibility index (Phi) is 7.00. The SMILES string of the molecule is CC(C)(C)OC(=O)NCCCC(=O)N1CCCC1Cc1cccc(F)c1. The van der Waals surface area contributed by atoms with Crippen molar-refractivity contribution in [2.45, 2.75) is 64.5 Å². The summed E-state index contributed by atoms with van der Waals surface area (Å²) in [6.07, 6.45) is 3.09. The van der Waals surface area contributed by atoms with Gasteiger partial charge in [0.15, 0.2) is 0 Å². The van der Waals surface area contributed by atoms with Crippen molar-refractivity contribution in [3.05, 3.63) is 35.6 Å². The van der Waals surface area contributed by atoms with Gasteiger partial charge >= 0.3 is 6.09 Å². The van der Waals surface area contributed by atoms with E-state index >= 15 is 0 Å². The van der Waals surface area contributed by atoms with Crippen LogP contribution in [0.3, 0.4) is 0 Å². The highest BCUT2D eigenvalue weighted by molar-refractivity contribution is 5.77. The molecule has 5 nitrogen and oxygen atoms in total. The molecule has 144 valence electrons. The van der Waals surface area contributed by atoms with Crippen LogP contribution >= 0.6 is 0 Å². The first-order valence-electron chi connectivity index (χ1n) is 9.25. The summed E-state index contributed by atoms with van der Waals surface area (Å²) in [6, 6.07) is 6.69. The van der Waals surface area contributed by atoms with E-state index in [1.807, 2.05) is 31.7 Å². The maximum Gasteiger partial charge on any atom is 0.407 e. The molecule has 6 heteroatoms. The Morgan fingerprint density at radius 3 is 2.81 bits per heavy atom. The third-order valence-electron chi connectivity index (χ3n) is 4.29. The Bertz CT molecular complexity index is 628. The summed E-state index contributed by atoms with van der Waals surface area (Å²) in [4.78, 5) is 26.0. The number of benzene rings is 1. The van der Waals surface area contributed by atoms with Gasteiger partial charge in [0.25, 0.3) is 0 Å². The number of halogens is 1. The number of hydrogen-bond donors (Lipinski definition) is 1. The molecule has 0 aliphatic carbocycles. The maximum atomic E-state index is 13.3. The normalized spacial score (nSPS) is 17.2. The predicted octanol–water partition coefficient (Wildman–Crippen LogP) is 3.66. The molecule has 1 unspecified atom stereocenters. The summed E-state index contributed by atoms with van der Waals surface area (Å²) in [5.74, 6) is -0.151. The predicted molar refractivity (Wildman–Crippen MR) is 98.3 cm³/mol. The van der Waals surface area contributed by atoms with E-state index in [0.29, 0.717) is 25.8 Å². The monoisotopic (exact) mass is 364 g/mol. The standard InChI is InChI=1S/C20H29FN2O3/c1-20(2,3)26-19(25)22-11-5-10-18(24)23-12-6-9-17(23)14-15-7-4-8-16(21)13-15/h4,7-8,13,17H,5-6,9-12,14H2,1-3H3,(H,22,25). The molecular weight excluding hydrogens is 335 g/mol. The van der Waals surface area contributed by atoms with Crippen LogP contribution in [0.15, 0.2) is 24.3 Å². The van der Waals surface area contributed by atoms with Crippen LogP contribution in [0, 0.1) is 5.82 Å². The Morgan fingerprint density at radius 1 is 1.35 bits per heavy atom. The van der Waals surface area contributed by atoms with E-state index in [-0.39, 0.29) is 17.8 Å². The first kappa shape index (κ1) is 20.2. The van der Waals surface area contributed by atoms with Gasteiger partial charge in [-0.15, -0.1) is 0 Å². The highest BCUT2D eigenvalue weighted by Crippen LogP contribution is 2.22. The third kappa shape index (κ3) is 6.65. The number of carbonyl (C=O) groups is 2. The van der Waals surface area contributed by atoms with Crippen molar-refractivity contribution in [3.8, 4) is 0 Å². The van der Waals surface area contributed by atoms with E-state index in [2.05, 4.69) is 5.32 Å². The molecule has 0 radical (unpaired) electrons. The lowest BCUT2D eigenvalue weighted by Gasteiger charge is -2.25. The molecule has 1 N–H and O–H groups in total. The molecule has 1 fully saturated rings. The first-order chi connectivity index (χ1) is 12.2. The molecule has 0 aromatic heterocycles. The number of ether oxygens (including phenoxy) is 1. The average molecular weight is 364 g/mol. The molecule has 1 aromatic rings. The molecule has 1 heterocycles. The van der Waals surface area contributed by atoms with E-state index in [0.717, 1.165) is 24.9 Å². The summed E-state index contributed by atoms with van der Waals surface area (Å²) < 4.78 is 18.5. The highest BCUT2D eigenvalue weighted by Gasteiger charge is 2.28. The van der Waals surface area contributed by atoms with Gasteiger partial charge in [-0.1, -0.05) is 12.1 Å². The molecule has 1 atom stereocenters. The van der Waals surface area contributed by atoms with Crippen LogP contribution in [-0.2, 0) is 16.0 Å². The van der Waals surface area contributed by atoms with Crippen molar-refractivity contribution in [1.29, 1.82) is 0 Å². The maximum absolute atomic E-state index is 13.3. The van der Waals surface area contributed by atoms with Crippen LogP contribution < -0.4 is 5.32 Å². The zero-order valence-corrected chi connectivity index (χ0v) is 15.9. The molecule has 1 saturated heterocycles. The zero-order valence-electron chi connectivity index (χ0n) is 15.9. The van der Waals surface area contributed by atoms with Crippen LogP contribution in [0.1, 0.15) is 52.0 Å². The second-order valence-electron chi connectivity index (χ2n) is 7.75. The molecule has 1 aliphatic rings. The van der Waals surface area contributed by atoms with Crippen molar-refractivity contribution in [3.63, 3.8) is 0 Å². The van der Waals surface area contributed by atoms with Gasteiger partial charge in [-0.05, 0) is 64.2 Å². The van der Waals surface area contributed by atoms with Crippen molar-refractivity contribution < 1.29 is 18.7 Å². The number of hydrogen-bond acceptors (Lipinski definition) is 3. The van der Waals surface area contributed by atoms with Gasteiger partial charge in [0, 0.05) is 25.6 Å². The molecular formula is C20H29FN2O3. The van der Waals surface area contributed by atoms with Crippen molar-refractivity contribution >= 4 is 12.0 Å². The Hall–Kier alpha value is -2.11. The van der Waals surface area contributed by atoms with Crippen LogP contribution in [-0.4, -0.2) is 41.6 Å². The summed E-state index contributed by atoms with van der Waals surface area (Å²) >= 11 is 0. The average Bonchev–Trinajstić information content (AvgIpc) is 2.98. The number of nitrogens with zero attached hydrogens (tertiary/aromatic N) is 1. The van der Waals surface area contributed by atoms with Gasteiger partial charge in [-0.25, -0.2) is 9.18 Å². The topological polar surface area (TPSA) is 58.6 Å². The largest absolute Gasteiger partial charge is 0.444 e. The van der Waals surface area contributed by atoms with E-state index in [9.17, 15) is 14.0 Å². The number of alkyl carbamates (subject to hydrolysis) is 1. The molecule has 0 saturated carbocycles.